The van der Waals surface area contributed by atoms with Gasteiger partial charge in [-0.15, -0.1) is 0 Å². The van der Waals surface area contributed by atoms with E-state index in [2.05, 4.69) is 10.7 Å². The van der Waals surface area contributed by atoms with Crippen LogP contribution in [-0.4, -0.2) is 70.5 Å². The van der Waals surface area contributed by atoms with Crippen LogP contribution in [0.15, 0.2) is 24.3 Å². The number of nitrogens with zero attached hydrogens (tertiary/aromatic N) is 2. The predicted octanol–water partition coefficient (Wildman–Crippen LogP) is 1.76. The Morgan fingerprint density at radius 3 is 2.29 bits per heavy atom. The highest BCUT2D eigenvalue weighted by molar-refractivity contribution is 6.07. The molecule has 0 radical (unpaired) electrons. The summed E-state index contributed by atoms with van der Waals surface area (Å²) < 4.78 is 10.6. The van der Waals surface area contributed by atoms with E-state index in [1.54, 1.807) is 13.8 Å². The highest BCUT2D eigenvalue weighted by Gasteiger charge is 2.47. The van der Waals surface area contributed by atoms with Gasteiger partial charge in [-0.05, 0) is 70.7 Å². The molecule has 0 aliphatic carbocycles. The van der Waals surface area contributed by atoms with Crippen LogP contribution in [0.2, 0.25) is 0 Å². The smallest absolute Gasteiger partial charge is 0.344 e. The molecular weight excluding hydrogens is 456 g/mol. The van der Waals surface area contributed by atoms with Gasteiger partial charge in [-0.2, -0.15) is 5.01 Å². The van der Waals surface area contributed by atoms with Gasteiger partial charge in [0.2, 0.25) is 0 Å². The minimum Gasteiger partial charge on any atom is -0.484 e. The summed E-state index contributed by atoms with van der Waals surface area (Å²) in [5.74, 6) is -1.86. The number of hydrazine groups is 1. The second kappa shape index (κ2) is 10.7. The lowest BCUT2D eigenvalue weighted by molar-refractivity contribution is -0.140. The molecule has 2 aliphatic rings. The van der Waals surface area contributed by atoms with E-state index in [1.165, 1.54) is 24.3 Å². The summed E-state index contributed by atoms with van der Waals surface area (Å²) in [6, 6.07) is 5.58. The topological polar surface area (TPSA) is 134 Å². The second-order valence-corrected chi connectivity index (χ2v) is 9.11. The van der Waals surface area contributed by atoms with E-state index < -0.39 is 36.0 Å². The van der Waals surface area contributed by atoms with Gasteiger partial charge in [-0.3, -0.25) is 19.8 Å². The van der Waals surface area contributed by atoms with Gasteiger partial charge in [0.05, 0.1) is 5.56 Å². The number of nitrogens with one attached hydrogen (secondary N) is 2. The summed E-state index contributed by atoms with van der Waals surface area (Å²) in [6.45, 7) is 6.57. The zero-order valence-corrected chi connectivity index (χ0v) is 20.5. The number of rotatable bonds is 8. The minimum atomic E-state index is -1.10. The van der Waals surface area contributed by atoms with Gasteiger partial charge in [-0.25, -0.2) is 9.59 Å². The number of amides is 5. The van der Waals surface area contributed by atoms with Crippen molar-refractivity contribution >= 4 is 29.7 Å². The summed E-state index contributed by atoms with van der Waals surface area (Å²) >= 11 is 0. The quantitative estimate of drug-likeness (QED) is 0.421. The number of likely N-dealkylation sites (tertiary alicyclic amines) is 1. The monoisotopic (exact) mass is 488 g/mol. The van der Waals surface area contributed by atoms with Crippen LogP contribution in [0.3, 0.4) is 0 Å². The standard InChI is InChI=1S/C24H32N4O7/c1-5-24(4)22(32)28(23(33)25-24)26-19(29)13-35-21(31)17-9-11-18(12-10-17)34-14-20(30)27-15(2)7-6-8-16(27)3/h9-12,15-16H,5-8,13-14H2,1-4H3,(H,25,33)(H,26,29)/t15-,16-,24+/m1/s1. The molecule has 0 aromatic heterocycles. The number of urea groups is 1. The van der Waals surface area contributed by atoms with Crippen molar-refractivity contribution < 1.29 is 33.4 Å². The van der Waals surface area contributed by atoms with Crippen molar-refractivity contribution in [2.75, 3.05) is 13.2 Å². The Morgan fingerprint density at radius 1 is 1.09 bits per heavy atom. The zero-order chi connectivity index (χ0) is 25.8. The first kappa shape index (κ1) is 26.0. The van der Waals surface area contributed by atoms with E-state index in [9.17, 15) is 24.0 Å². The van der Waals surface area contributed by atoms with Crippen molar-refractivity contribution in [3.8, 4) is 5.75 Å². The normalized spacial score (nSPS) is 24.1. The number of hydrogen-bond donors (Lipinski definition) is 2. The second-order valence-electron chi connectivity index (χ2n) is 9.11. The van der Waals surface area contributed by atoms with Gasteiger partial charge in [0.25, 0.3) is 17.7 Å². The van der Waals surface area contributed by atoms with Gasteiger partial charge in [0.15, 0.2) is 13.2 Å². The summed E-state index contributed by atoms with van der Waals surface area (Å²) in [6.07, 6.45) is 3.41. The van der Waals surface area contributed by atoms with E-state index in [0.717, 1.165) is 19.3 Å². The summed E-state index contributed by atoms with van der Waals surface area (Å²) in [5.41, 5.74) is 1.22. The molecule has 2 N–H and O–H groups in total. The lowest BCUT2D eigenvalue weighted by Gasteiger charge is -2.38. The highest BCUT2D eigenvalue weighted by atomic mass is 16.5. The molecule has 3 atom stereocenters. The Kier molecular flexibility index (Phi) is 7.98. The van der Waals surface area contributed by atoms with Gasteiger partial charge < -0.3 is 19.7 Å². The molecule has 0 saturated carbocycles. The van der Waals surface area contributed by atoms with E-state index in [1.807, 2.05) is 18.7 Å². The molecule has 1 aromatic carbocycles. The Balaban J connectivity index is 1.46. The first-order valence-corrected chi connectivity index (χ1v) is 11.7. The Bertz CT molecular complexity index is 986. The van der Waals surface area contributed by atoms with E-state index in [0.29, 0.717) is 17.2 Å². The molecule has 11 nitrogen and oxygen atoms in total. The highest BCUT2D eigenvalue weighted by Crippen LogP contribution is 2.23. The molecule has 2 heterocycles. The average molecular weight is 489 g/mol. The Morgan fingerprint density at radius 2 is 1.71 bits per heavy atom. The third-order valence-corrected chi connectivity index (χ3v) is 6.47. The fourth-order valence-corrected chi connectivity index (χ4v) is 4.22. The van der Waals surface area contributed by atoms with Crippen molar-refractivity contribution in [3.63, 3.8) is 0 Å². The number of esters is 1. The Hall–Kier alpha value is -3.63. The molecule has 2 saturated heterocycles. The molecule has 5 amide bonds. The van der Waals surface area contributed by atoms with Crippen molar-refractivity contribution in [2.45, 2.75) is 71.0 Å². The van der Waals surface area contributed by atoms with Crippen molar-refractivity contribution in [2.24, 2.45) is 0 Å². The number of hydrogen-bond acceptors (Lipinski definition) is 7. The lowest BCUT2D eigenvalue weighted by atomic mass is 9.97. The van der Waals surface area contributed by atoms with Crippen molar-refractivity contribution in [1.82, 2.24) is 20.7 Å². The number of carbonyl (C=O) groups is 5. The van der Waals surface area contributed by atoms with Gasteiger partial charge in [0.1, 0.15) is 11.3 Å². The van der Waals surface area contributed by atoms with Gasteiger partial charge >= 0.3 is 12.0 Å². The van der Waals surface area contributed by atoms with Crippen LogP contribution in [0.5, 0.6) is 5.75 Å². The molecule has 0 bridgehead atoms. The summed E-state index contributed by atoms with van der Waals surface area (Å²) in [7, 11) is 0. The van der Waals surface area contributed by atoms with Crippen LogP contribution in [0.4, 0.5) is 4.79 Å². The molecule has 1 aromatic rings. The van der Waals surface area contributed by atoms with Crippen LogP contribution >= 0.6 is 0 Å². The summed E-state index contributed by atoms with van der Waals surface area (Å²) in [4.78, 5) is 63.0. The van der Waals surface area contributed by atoms with Crippen LogP contribution in [-0.2, 0) is 19.1 Å². The number of piperidine rings is 1. The molecular formula is C24H32N4O7. The molecule has 35 heavy (non-hydrogen) atoms. The average Bonchev–Trinajstić information content (AvgIpc) is 3.04. The number of ether oxygens (including phenoxy) is 2. The molecule has 11 heteroatoms. The fourth-order valence-electron chi connectivity index (χ4n) is 4.22. The zero-order valence-electron chi connectivity index (χ0n) is 20.5. The number of benzene rings is 1. The van der Waals surface area contributed by atoms with E-state index in [-0.39, 0.29) is 30.2 Å². The van der Waals surface area contributed by atoms with Crippen LogP contribution in [0, 0.1) is 0 Å². The molecule has 2 fully saturated rings. The third-order valence-electron chi connectivity index (χ3n) is 6.47. The maximum Gasteiger partial charge on any atom is 0.344 e. The van der Waals surface area contributed by atoms with Crippen molar-refractivity contribution in [1.29, 1.82) is 0 Å². The molecule has 3 rings (SSSR count). The fraction of sp³-hybridized carbons (Fsp3) is 0.542. The maximum atomic E-state index is 12.6. The van der Waals surface area contributed by atoms with E-state index >= 15 is 0 Å². The van der Waals surface area contributed by atoms with Gasteiger partial charge in [0, 0.05) is 12.1 Å². The van der Waals surface area contributed by atoms with Crippen LogP contribution in [0.25, 0.3) is 0 Å². The van der Waals surface area contributed by atoms with Crippen LogP contribution < -0.4 is 15.5 Å². The number of imide groups is 1. The third kappa shape index (κ3) is 5.90. The number of carbonyl (C=O) groups excluding carboxylic acids is 5. The maximum absolute atomic E-state index is 12.6. The van der Waals surface area contributed by atoms with E-state index in [4.69, 9.17) is 9.47 Å². The molecule has 2 aliphatic heterocycles. The first-order chi connectivity index (χ1) is 16.6. The Labute approximate surface area is 204 Å². The SMILES string of the molecule is CC[C@]1(C)NC(=O)N(NC(=O)COC(=O)c2ccc(OCC(=O)N3[C@H](C)CCC[C@H]3C)cc2)C1=O. The van der Waals surface area contributed by atoms with Crippen molar-refractivity contribution in [3.05, 3.63) is 29.8 Å². The predicted molar refractivity (Wildman–Crippen MR) is 124 cm³/mol. The summed E-state index contributed by atoms with van der Waals surface area (Å²) in [5, 5.41) is 3.08. The molecule has 0 unspecified atom stereocenters. The lowest BCUT2D eigenvalue weighted by Crippen LogP contribution is -2.49. The largest absolute Gasteiger partial charge is 0.484 e. The van der Waals surface area contributed by atoms with Gasteiger partial charge in [-0.1, -0.05) is 6.92 Å². The molecule has 0 spiro atoms. The minimum absolute atomic E-state index is 0.0800. The molecule has 190 valence electrons. The van der Waals surface area contributed by atoms with Crippen LogP contribution in [0.1, 0.15) is 63.7 Å². The first-order valence-electron chi connectivity index (χ1n) is 11.7.